The maximum Gasteiger partial charge on any atom is 0.259 e. The Hall–Kier alpha value is -3.42. The van der Waals surface area contributed by atoms with Crippen LogP contribution < -0.4 is 15.1 Å². The van der Waals surface area contributed by atoms with Crippen molar-refractivity contribution in [1.29, 1.82) is 0 Å². The zero-order valence-electron chi connectivity index (χ0n) is 17.7. The normalized spacial score (nSPS) is 13.9. The smallest absolute Gasteiger partial charge is 0.259 e. The highest BCUT2D eigenvalue weighted by molar-refractivity contribution is 6.06. The van der Waals surface area contributed by atoms with E-state index in [-0.39, 0.29) is 5.91 Å². The zero-order valence-corrected chi connectivity index (χ0v) is 17.7. The quantitative estimate of drug-likeness (QED) is 0.702. The summed E-state index contributed by atoms with van der Waals surface area (Å²) < 4.78 is 1.76. The van der Waals surface area contributed by atoms with Gasteiger partial charge in [0, 0.05) is 27.2 Å². The first-order valence-corrected chi connectivity index (χ1v) is 10.3. The molecule has 1 N–H and O–H groups in total. The van der Waals surface area contributed by atoms with E-state index in [1.165, 1.54) is 6.42 Å². The van der Waals surface area contributed by atoms with Crippen LogP contribution in [-0.2, 0) is 0 Å². The highest BCUT2D eigenvalue weighted by Crippen LogP contribution is 2.26. The van der Waals surface area contributed by atoms with Crippen molar-refractivity contribution >= 4 is 23.4 Å². The van der Waals surface area contributed by atoms with Crippen molar-refractivity contribution in [2.24, 2.45) is 0 Å². The summed E-state index contributed by atoms with van der Waals surface area (Å²) in [5.41, 5.74) is 2.79. The second-order valence-electron chi connectivity index (χ2n) is 7.69. The molecule has 0 spiro atoms. The Morgan fingerprint density at radius 3 is 2.50 bits per heavy atom. The predicted octanol–water partition coefficient (Wildman–Crippen LogP) is 3.28. The molecular weight excluding hydrogens is 378 g/mol. The summed E-state index contributed by atoms with van der Waals surface area (Å²) in [5.74, 6) is 1.17. The number of benzene rings is 1. The summed E-state index contributed by atoms with van der Waals surface area (Å²) in [6.07, 6.45) is 6.85. The number of nitrogens with one attached hydrogen (secondary N) is 1. The van der Waals surface area contributed by atoms with Crippen LogP contribution in [0.1, 0.15) is 35.3 Å². The molecule has 0 radical (unpaired) electrons. The number of nitrogens with zero attached hydrogens (tertiary/aromatic N) is 6. The van der Waals surface area contributed by atoms with Gasteiger partial charge in [0.05, 0.1) is 29.3 Å². The second-order valence-corrected chi connectivity index (χ2v) is 7.69. The molecule has 4 rings (SSSR count). The number of carbonyl (C=O) groups excluding carboxylic acids is 1. The van der Waals surface area contributed by atoms with Crippen LogP contribution >= 0.6 is 0 Å². The molecule has 1 fully saturated rings. The fraction of sp³-hybridized carbons (Fsp3) is 0.364. The summed E-state index contributed by atoms with van der Waals surface area (Å²) in [5, 5.41) is 7.36. The molecule has 0 atom stereocenters. The van der Waals surface area contributed by atoms with Crippen LogP contribution in [0.2, 0.25) is 0 Å². The van der Waals surface area contributed by atoms with Gasteiger partial charge < -0.3 is 15.1 Å². The molecule has 0 bridgehead atoms. The first kappa shape index (κ1) is 19.9. The van der Waals surface area contributed by atoms with E-state index in [1.807, 2.05) is 56.3 Å². The van der Waals surface area contributed by atoms with Crippen molar-refractivity contribution in [3.63, 3.8) is 0 Å². The van der Waals surface area contributed by atoms with Crippen LogP contribution in [0.5, 0.6) is 0 Å². The fourth-order valence-corrected chi connectivity index (χ4v) is 3.69. The molecule has 1 saturated heterocycles. The summed E-state index contributed by atoms with van der Waals surface area (Å²) in [6.45, 7) is 3.82. The number of carbonyl (C=O) groups is 1. The van der Waals surface area contributed by atoms with E-state index in [2.05, 4.69) is 20.3 Å². The Labute approximate surface area is 176 Å². The van der Waals surface area contributed by atoms with Gasteiger partial charge in [0.15, 0.2) is 5.82 Å². The summed E-state index contributed by atoms with van der Waals surface area (Å²) in [4.78, 5) is 26.3. The van der Waals surface area contributed by atoms with Crippen molar-refractivity contribution in [3.8, 4) is 5.69 Å². The molecular formula is C22H27N7O. The van der Waals surface area contributed by atoms with Gasteiger partial charge in [0.25, 0.3) is 5.91 Å². The zero-order chi connectivity index (χ0) is 21.1. The third kappa shape index (κ3) is 3.98. The number of amides is 1. The minimum atomic E-state index is -0.230. The molecule has 30 heavy (non-hydrogen) atoms. The van der Waals surface area contributed by atoms with E-state index >= 15 is 0 Å². The first-order valence-electron chi connectivity index (χ1n) is 10.3. The molecule has 1 aliphatic rings. The summed E-state index contributed by atoms with van der Waals surface area (Å²) >= 11 is 0. The lowest BCUT2D eigenvalue weighted by molar-refractivity contribution is 0.102. The molecule has 1 aromatic carbocycles. The number of rotatable bonds is 5. The average Bonchev–Trinajstić information content (AvgIpc) is 3.16. The van der Waals surface area contributed by atoms with E-state index in [1.54, 1.807) is 17.1 Å². The molecule has 3 aromatic rings. The molecule has 2 aromatic heterocycles. The maximum absolute atomic E-state index is 13.0. The molecule has 8 heteroatoms. The highest BCUT2D eigenvalue weighted by atomic mass is 16.1. The van der Waals surface area contributed by atoms with E-state index < -0.39 is 0 Å². The molecule has 0 unspecified atom stereocenters. The fourth-order valence-electron chi connectivity index (χ4n) is 3.69. The topological polar surface area (TPSA) is 79.2 Å². The van der Waals surface area contributed by atoms with Crippen molar-refractivity contribution in [2.75, 3.05) is 42.3 Å². The number of hydrogen-bond donors (Lipinski definition) is 1. The molecule has 8 nitrogen and oxygen atoms in total. The molecule has 0 aliphatic carbocycles. The van der Waals surface area contributed by atoms with Crippen LogP contribution in [0.15, 0.2) is 42.7 Å². The van der Waals surface area contributed by atoms with E-state index in [0.717, 1.165) is 37.3 Å². The maximum atomic E-state index is 13.0. The number of para-hydroxylation sites is 1. The Balaban J connectivity index is 1.58. The molecule has 0 saturated carbocycles. The molecule has 156 valence electrons. The Bertz CT molecular complexity index is 1020. The third-order valence-corrected chi connectivity index (χ3v) is 5.32. The van der Waals surface area contributed by atoms with Crippen LogP contribution in [0.4, 0.5) is 17.5 Å². The number of piperidine rings is 1. The van der Waals surface area contributed by atoms with Gasteiger partial charge in [-0.3, -0.25) is 4.79 Å². The number of anilines is 3. The van der Waals surface area contributed by atoms with E-state index in [0.29, 0.717) is 23.0 Å². The van der Waals surface area contributed by atoms with Gasteiger partial charge in [-0.05, 0) is 38.3 Å². The SMILES string of the molecule is Cc1c(C(=O)Nc2cnc(N3CCCCC3)nc2N(C)C)cnn1-c1ccccc1. The lowest BCUT2D eigenvalue weighted by Gasteiger charge is -2.28. The Morgan fingerprint density at radius 1 is 1.07 bits per heavy atom. The van der Waals surface area contributed by atoms with E-state index in [4.69, 9.17) is 4.98 Å². The number of hydrogen-bond acceptors (Lipinski definition) is 6. The van der Waals surface area contributed by atoms with Gasteiger partial charge in [-0.15, -0.1) is 0 Å². The lowest BCUT2D eigenvalue weighted by Crippen LogP contribution is -2.31. The minimum absolute atomic E-state index is 0.230. The van der Waals surface area contributed by atoms with E-state index in [9.17, 15) is 4.79 Å². The van der Waals surface area contributed by atoms with Crippen molar-refractivity contribution in [3.05, 3.63) is 54.0 Å². The van der Waals surface area contributed by atoms with Crippen molar-refractivity contribution < 1.29 is 4.79 Å². The van der Waals surface area contributed by atoms with Crippen LogP contribution in [0, 0.1) is 6.92 Å². The highest BCUT2D eigenvalue weighted by Gasteiger charge is 2.20. The molecule has 1 amide bonds. The first-order chi connectivity index (χ1) is 14.5. The summed E-state index contributed by atoms with van der Waals surface area (Å²) in [7, 11) is 3.83. The van der Waals surface area contributed by atoms with Crippen LogP contribution in [0.25, 0.3) is 5.69 Å². The predicted molar refractivity (Wildman–Crippen MR) is 119 cm³/mol. The standard InChI is InChI=1S/C22H27N7O/c1-16-18(14-24-29(16)17-10-6-4-7-11-17)21(30)25-19-15-23-22(26-20(19)27(2)3)28-12-8-5-9-13-28/h4,6-7,10-11,14-15H,5,8-9,12-13H2,1-3H3,(H,25,30). The Kier molecular flexibility index (Phi) is 5.65. The number of aromatic nitrogens is 4. The van der Waals surface area contributed by atoms with Gasteiger partial charge in [-0.2, -0.15) is 10.1 Å². The summed E-state index contributed by atoms with van der Waals surface area (Å²) in [6, 6.07) is 9.76. The Morgan fingerprint density at radius 2 is 1.80 bits per heavy atom. The van der Waals surface area contributed by atoms with Crippen molar-refractivity contribution in [2.45, 2.75) is 26.2 Å². The third-order valence-electron chi connectivity index (χ3n) is 5.32. The minimum Gasteiger partial charge on any atom is -0.361 e. The second kappa shape index (κ2) is 8.52. The monoisotopic (exact) mass is 405 g/mol. The van der Waals surface area contributed by atoms with Crippen LogP contribution in [0.3, 0.4) is 0 Å². The van der Waals surface area contributed by atoms with Crippen molar-refractivity contribution in [1.82, 2.24) is 19.7 Å². The largest absolute Gasteiger partial charge is 0.361 e. The van der Waals surface area contributed by atoms with Gasteiger partial charge in [0.2, 0.25) is 5.95 Å². The van der Waals surface area contributed by atoms with Gasteiger partial charge in [-0.25, -0.2) is 9.67 Å². The molecule has 1 aliphatic heterocycles. The molecule has 3 heterocycles. The van der Waals surface area contributed by atoms with Gasteiger partial charge in [0.1, 0.15) is 5.69 Å². The van der Waals surface area contributed by atoms with Gasteiger partial charge in [-0.1, -0.05) is 18.2 Å². The average molecular weight is 406 g/mol. The lowest BCUT2D eigenvalue weighted by atomic mass is 10.1. The van der Waals surface area contributed by atoms with Gasteiger partial charge >= 0.3 is 0 Å². The van der Waals surface area contributed by atoms with Crippen LogP contribution in [-0.4, -0.2) is 52.8 Å².